The van der Waals surface area contributed by atoms with Crippen LogP contribution < -0.4 is 5.32 Å². The molecule has 7 nitrogen and oxygen atoms in total. The Kier molecular flexibility index (Phi) is 5.54. The van der Waals surface area contributed by atoms with E-state index in [1.807, 2.05) is 0 Å². The third-order valence-electron chi connectivity index (χ3n) is 5.06. The lowest BCUT2D eigenvalue weighted by Crippen LogP contribution is -2.36. The van der Waals surface area contributed by atoms with Gasteiger partial charge in [0.1, 0.15) is 23.6 Å². The molecule has 160 valence electrons. The van der Waals surface area contributed by atoms with Gasteiger partial charge in [0.25, 0.3) is 5.91 Å². The largest absolute Gasteiger partial charge is 0.388 e. The zero-order chi connectivity index (χ0) is 21.6. The molecule has 2 heterocycles. The van der Waals surface area contributed by atoms with Crippen molar-refractivity contribution >= 4 is 33.0 Å². The number of fused-ring (bicyclic) bond motifs is 1. The number of benzene rings is 2. The summed E-state index contributed by atoms with van der Waals surface area (Å²) in [6, 6.07) is 6.50. The van der Waals surface area contributed by atoms with E-state index in [2.05, 4.69) is 5.32 Å². The molecule has 0 radical (unpaired) electrons. The van der Waals surface area contributed by atoms with Crippen LogP contribution in [0.4, 0.5) is 14.5 Å². The van der Waals surface area contributed by atoms with E-state index in [1.54, 1.807) is 0 Å². The number of halogens is 3. The van der Waals surface area contributed by atoms with E-state index in [0.717, 1.165) is 18.2 Å². The number of sulfone groups is 1. The standard InChI is InChI=1S/C19H16ClF2NO6S/c20-11-3-1-9(19(25)23-10-2-4-12(21)13(22)6-10)5-15(11)30(26,27)16-8-29-17-14(24)7-28-18(16)17/h1-6,14,16-18,24H,7-8H2,(H,23,25)/t14?,16?,17-,18-/m1/s1. The van der Waals surface area contributed by atoms with E-state index in [-0.39, 0.29) is 34.4 Å². The highest BCUT2D eigenvalue weighted by Crippen LogP contribution is 2.36. The summed E-state index contributed by atoms with van der Waals surface area (Å²) in [5, 5.41) is 11.0. The van der Waals surface area contributed by atoms with Crippen LogP contribution in [-0.2, 0) is 19.3 Å². The van der Waals surface area contributed by atoms with Crippen molar-refractivity contribution in [2.75, 3.05) is 18.5 Å². The number of amides is 1. The topological polar surface area (TPSA) is 102 Å². The van der Waals surface area contributed by atoms with E-state index in [4.69, 9.17) is 21.1 Å². The van der Waals surface area contributed by atoms with Crippen LogP contribution >= 0.6 is 11.6 Å². The first kappa shape index (κ1) is 21.1. The molecule has 0 spiro atoms. The van der Waals surface area contributed by atoms with Gasteiger partial charge in [-0.2, -0.15) is 0 Å². The number of hydrogen-bond acceptors (Lipinski definition) is 6. The molecule has 0 aromatic heterocycles. The molecule has 4 atom stereocenters. The molecule has 2 fully saturated rings. The fourth-order valence-electron chi connectivity index (χ4n) is 3.51. The Morgan fingerprint density at radius 1 is 1.07 bits per heavy atom. The second-order valence-corrected chi connectivity index (χ2v) is 9.52. The molecule has 30 heavy (non-hydrogen) atoms. The lowest BCUT2D eigenvalue weighted by Gasteiger charge is -2.18. The Morgan fingerprint density at radius 3 is 2.53 bits per heavy atom. The van der Waals surface area contributed by atoms with Gasteiger partial charge in [0.15, 0.2) is 21.5 Å². The number of rotatable bonds is 4. The van der Waals surface area contributed by atoms with Crippen molar-refractivity contribution in [3.63, 3.8) is 0 Å². The molecule has 2 aliphatic rings. The summed E-state index contributed by atoms with van der Waals surface area (Å²) in [5.41, 5.74) is -0.0517. The van der Waals surface area contributed by atoms with Gasteiger partial charge in [-0.15, -0.1) is 0 Å². The molecular weight excluding hydrogens is 444 g/mol. The zero-order valence-corrected chi connectivity index (χ0v) is 16.8. The van der Waals surface area contributed by atoms with E-state index in [0.29, 0.717) is 0 Å². The number of aliphatic hydroxyl groups excluding tert-OH is 1. The average Bonchev–Trinajstić information content (AvgIpc) is 3.28. The van der Waals surface area contributed by atoms with Crippen molar-refractivity contribution in [2.45, 2.75) is 28.5 Å². The summed E-state index contributed by atoms with van der Waals surface area (Å²) in [6.07, 6.45) is -2.51. The summed E-state index contributed by atoms with van der Waals surface area (Å²) in [7, 11) is -4.07. The van der Waals surface area contributed by atoms with Crippen molar-refractivity contribution < 1.29 is 36.6 Å². The minimum atomic E-state index is -4.07. The van der Waals surface area contributed by atoms with Gasteiger partial charge < -0.3 is 19.9 Å². The second kappa shape index (κ2) is 7.86. The fourth-order valence-corrected chi connectivity index (χ4v) is 5.75. The van der Waals surface area contributed by atoms with Crippen LogP contribution in [0.15, 0.2) is 41.3 Å². The Bertz CT molecular complexity index is 1110. The van der Waals surface area contributed by atoms with Crippen LogP contribution in [0, 0.1) is 11.6 Å². The molecule has 2 unspecified atom stereocenters. The van der Waals surface area contributed by atoms with Crippen LogP contribution in [0.5, 0.6) is 0 Å². The van der Waals surface area contributed by atoms with Crippen molar-refractivity contribution in [1.29, 1.82) is 0 Å². The van der Waals surface area contributed by atoms with E-state index < -0.39 is 50.9 Å². The van der Waals surface area contributed by atoms with Gasteiger partial charge >= 0.3 is 0 Å². The van der Waals surface area contributed by atoms with Crippen molar-refractivity contribution in [2.24, 2.45) is 0 Å². The van der Waals surface area contributed by atoms with Gasteiger partial charge in [0.2, 0.25) is 0 Å². The first-order chi connectivity index (χ1) is 14.2. The molecule has 2 aromatic rings. The van der Waals surface area contributed by atoms with Crippen LogP contribution in [0.2, 0.25) is 5.02 Å². The highest BCUT2D eigenvalue weighted by Gasteiger charge is 2.52. The maximum atomic E-state index is 13.3. The van der Waals surface area contributed by atoms with E-state index in [1.165, 1.54) is 18.2 Å². The molecule has 0 saturated carbocycles. The minimum Gasteiger partial charge on any atom is -0.388 e. The van der Waals surface area contributed by atoms with Gasteiger partial charge in [-0.1, -0.05) is 11.6 Å². The smallest absolute Gasteiger partial charge is 0.255 e. The van der Waals surface area contributed by atoms with Gasteiger partial charge in [-0.3, -0.25) is 4.79 Å². The number of anilines is 1. The maximum Gasteiger partial charge on any atom is 0.255 e. The first-order valence-corrected chi connectivity index (χ1v) is 10.8. The molecular formula is C19H16ClF2NO6S. The second-order valence-electron chi connectivity index (χ2n) is 6.97. The summed E-state index contributed by atoms with van der Waals surface area (Å²) in [4.78, 5) is 12.2. The summed E-state index contributed by atoms with van der Waals surface area (Å²) in [5.74, 6) is -2.94. The maximum absolute atomic E-state index is 13.3. The van der Waals surface area contributed by atoms with Gasteiger partial charge in [-0.05, 0) is 30.3 Å². The quantitative estimate of drug-likeness (QED) is 0.726. The fraction of sp³-hybridized carbons (Fsp3) is 0.316. The lowest BCUT2D eigenvalue weighted by atomic mass is 10.1. The molecule has 2 aromatic carbocycles. The molecule has 1 amide bonds. The predicted molar refractivity (Wildman–Crippen MR) is 102 cm³/mol. The van der Waals surface area contributed by atoms with Crippen molar-refractivity contribution in [3.8, 4) is 0 Å². The van der Waals surface area contributed by atoms with Crippen LogP contribution in [0.1, 0.15) is 10.4 Å². The molecule has 0 aliphatic carbocycles. The summed E-state index contributed by atoms with van der Waals surface area (Å²) < 4.78 is 63.5. The van der Waals surface area contributed by atoms with Crippen LogP contribution in [-0.4, -0.2) is 56.2 Å². The van der Waals surface area contributed by atoms with Gasteiger partial charge in [0.05, 0.1) is 23.1 Å². The number of aliphatic hydroxyl groups is 1. The highest BCUT2D eigenvalue weighted by molar-refractivity contribution is 7.92. The molecule has 11 heteroatoms. The van der Waals surface area contributed by atoms with Gasteiger partial charge in [0, 0.05) is 17.3 Å². The number of nitrogens with one attached hydrogen (secondary N) is 1. The normalized spacial score (nSPS) is 25.9. The summed E-state index contributed by atoms with van der Waals surface area (Å²) >= 11 is 6.10. The third kappa shape index (κ3) is 3.69. The zero-order valence-electron chi connectivity index (χ0n) is 15.2. The minimum absolute atomic E-state index is 0.00126. The lowest BCUT2D eigenvalue weighted by molar-refractivity contribution is 0.0187. The average molecular weight is 460 g/mol. The highest BCUT2D eigenvalue weighted by atomic mass is 35.5. The van der Waals surface area contributed by atoms with Crippen LogP contribution in [0.25, 0.3) is 0 Å². The van der Waals surface area contributed by atoms with E-state index >= 15 is 0 Å². The number of ether oxygens (including phenoxy) is 2. The van der Waals surface area contributed by atoms with Gasteiger partial charge in [-0.25, -0.2) is 17.2 Å². The Labute approximate surface area is 175 Å². The SMILES string of the molecule is O=C(Nc1ccc(F)c(F)c1)c1ccc(Cl)c(S(=O)(=O)C2CO[C@@H]3C(O)CO[C@H]23)c1. The predicted octanol–water partition coefficient (Wildman–Crippen LogP) is 2.17. The number of hydrogen-bond donors (Lipinski definition) is 2. The number of carbonyl (C=O) groups is 1. The first-order valence-electron chi connectivity index (χ1n) is 8.89. The molecule has 0 bridgehead atoms. The third-order valence-corrected chi connectivity index (χ3v) is 7.65. The molecule has 2 aliphatic heterocycles. The van der Waals surface area contributed by atoms with Crippen molar-refractivity contribution in [1.82, 2.24) is 0 Å². The molecule has 4 rings (SSSR count). The Balaban J connectivity index is 1.61. The van der Waals surface area contributed by atoms with Crippen LogP contribution in [0.3, 0.4) is 0 Å². The molecule has 2 N–H and O–H groups in total. The monoisotopic (exact) mass is 459 g/mol. The Morgan fingerprint density at radius 2 is 1.80 bits per heavy atom. The number of carbonyl (C=O) groups excluding carboxylic acids is 1. The van der Waals surface area contributed by atoms with Crippen molar-refractivity contribution in [3.05, 3.63) is 58.6 Å². The molecule has 2 saturated heterocycles. The summed E-state index contributed by atoms with van der Waals surface area (Å²) in [6.45, 7) is -0.220. The van der Waals surface area contributed by atoms with E-state index in [9.17, 15) is 27.1 Å². The Hall–Kier alpha value is -2.11.